The van der Waals surface area contributed by atoms with Crippen LogP contribution in [0.5, 0.6) is 0 Å². The molecule has 0 amide bonds. The van der Waals surface area contributed by atoms with Crippen molar-refractivity contribution in [2.45, 2.75) is 25.8 Å². The van der Waals surface area contributed by atoms with Crippen LogP contribution in [0.2, 0.25) is 0 Å². The van der Waals surface area contributed by atoms with Crippen molar-refractivity contribution >= 4 is 11.8 Å². The van der Waals surface area contributed by atoms with Crippen LogP contribution in [-0.2, 0) is 6.42 Å². The normalized spacial score (nSPS) is 11.8. The molecule has 2 N–H and O–H groups in total. The van der Waals surface area contributed by atoms with Gasteiger partial charge in [0.15, 0.2) is 5.69 Å². The molecule has 1 atom stereocenters. The Morgan fingerprint density at radius 2 is 1.95 bits per heavy atom. The van der Waals surface area contributed by atoms with Crippen LogP contribution < -0.4 is 5.32 Å². The maximum absolute atomic E-state index is 10.9. The number of hydrogen-bond donors (Lipinski definition) is 2. The molecule has 0 bridgehead atoms. The lowest BCUT2D eigenvalue weighted by atomic mass is 10.1. The largest absolute Gasteiger partial charge is 0.477 e. The minimum Gasteiger partial charge on any atom is -0.477 e. The van der Waals surface area contributed by atoms with Gasteiger partial charge in [0.2, 0.25) is 0 Å². The number of aryl methyl sites for hydroxylation is 1. The lowest BCUT2D eigenvalue weighted by Crippen LogP contribution is -2.17. The first-order chi connectivity index (χ1) is 9.65. The first kappa shape index (κ1) is 14.1. The zero-order chi connectivity index (χ0) is 14.4. The molecule has 0 saturated carbocycles. The summed E-state index contributed by atoms with van der Waals surface area (Å²) in [7, 11) is 0. The van der Waals surface area contributed by atoms with E-state index >= 15 is 0 Å². The molecule has 2 rings (SSSR count). The Kier molecular flexibility index (Phi) is 4.71. The summed E-state index contributed by atoms with van der Waals surface area (Å²) < 4.78 is 0. The van der Waals surface area contributed by atoms with Crippen LogP contribution in [0.1, 0.15) is 29.4 Å². The van der Waals surface area contributed by atoms with Crippen molar-refractivity contribution in [3.05, 3.63) is 59.8 Å². The van der Waals surface area contributed by atoms with E-state index in [0.717, 1.165) is 12.8 Å². The van der Waals surface area contributed by atoms with Crippen LogP contribution in [0.15, 0.2) is 48.5 Å². The van der Waals surface area contributed by atoms with Crippen molar-refractivity contribution in [1.29, 1.82) is 0 Å². The maximum Gasteiger partial charge on any atom is 0.354 e. The van der Waals surface area contributed by atoms with Gasteiger partial charge in [-0.3, -0.25) is 0 Å². The maximum atomic E-state index is 10.9. The second kappa shape index (κ2) is 6.70. The summed E-state index contributed by atoms with van der Waals surface area (Å²) in [5.41, 5.74) is 1.36. The average molecular weight is 270 g/mol. The molecule has 4 nitrogen and oxygen atoms in total. The number of carbonyl (C=O) groups is 1. The Morgan fingerprint density at radius 3 is 2.65 bits per heavy atom. The van der Waals surface area contributed by atoms with Gasteiger partial charge in [0.25, 0.3) is 0 Å². The van der Waals surface area contributed by atoms with Crippen LogP contribution in [0, 0.1) is 0 Å². The molecule has 0 aliphatic carbocycles. The third-order valence-electron chi connectivity index (χ3n) is 3.07. The fourth-order valence-corrected chi connectivity index (χ4v) is 1.99. The summed E-state index contributed by atoms with van der Waals surface area (Å²) in [6.07, 6.45) is 1.94. The van der Waals surface area contributed by atoms with Gasteiger partial charge in [-0.05, 0) is 37.5 Å². The summed E-state index contributed by atoms with van der Waals surface area (Å²) in [6, 6.07) is 15.5. The van der Waals surface area contributed by atoms with Gasteiger partial charge in [0.1, 0.15) is 5.82 Å². The Morgan fingerprint density at radius 1 is 1.20 bits per heavy atom. The fraction of sp³-hybridized carbons (Fsp3) is 0.250. The summed E-state index contributed by atoms with van der Waals surface area (Å²) in [5.74, 6) is -0.406. The first-order valence-corrected chi connectivity index (χ1v) is 6.66. The predicted molar refractivity (Wildman–Crippen MR) is 79.0 cm³/mol. The van der Waals surface area contributed by atoms with E-state index in [1.165, 1.54) is 11.6 Å². The summed E-state index contributed by atoms with van der Waals surface area (Å²) in [6.45, 7) is 2.07. The van der Waals surface area contributed by atoms with Gasteiger partial charge in [-0.1, -0.05) is 36.4 Å². The topological polar surface area (TPSA) is 62.2 Å². The van der Waals surface area contributed by atoms with Crippen LogP contribution in [0.4, 0.5) is 5.82 Å². The standard InChI is InChI=1S/C16H18N2O2/c1-12(10-11-13-6-3-2-4-7-13)17-15-9-5-8-14(18-15)16(19)20/h2-9,12H,10-11H2,1H3,(H,17,18)(H,19,20). The zero-order valence-electron chi connectivity index (χ0n) is 11.4. The van der Waals surface area contributed by atoms with Gasteiger partial charge < -0.3 is 10.4 Å². The second-order valence-electron chi connectivity index (χ2n) is 4.78. The van der Waals surface area contributed by atoms with Crippen molar-refractivity contribution in [2.75, 3.05) is 5.32 Å². The Hall–Kier alpha value is -2.36. The van der Waals surface area contributed by atoms with Crippen molar-refractivity contribution in [3.8, 4) is 0 Å². The van der Waals surface area contributed by atoms with Gasteiger partial charge in [0.05, 0.1) is 0 Å². The van der Waals surface area contributed by atoms with E-state index in [0.29, 0.717) is 5.82 Å². The number of carboxylic acids is 1. The molecule has 0 radical (unpaired) electrons. The predicted octanol–water partition coefficient (Wildman–Crippen LogP) is 3.21. The molecule has 0 aliphatic heterocycles. The molecule has 1 aromatic carbocycles. The number of anilines is 1. The number of nitrogens with zero attached hydrogens (tertiary/aromatic N) is 1. The van der Waals surface area contributed by atoms with Crippen LogP contribution in [0.3, 0.4) is 0 Å². The monoisotopic (exact) mass is 270 g/mol. The molecule has 0 spiro atoms. The van der Waals surface area contributed by atoms with E-state index in [4.69, 9.17) is 5.11 Å². The van der Waals surface area contributed by atoms with Gasteiger partial charge in [-0.15, -0.1) is 0 Å². The molecule has 2 aromatic rings. The summed E-state index contributed by atoms with van der Waals surface area (Å²) >= 11 is 0. The SMILES string of the molecule is CC(CCc1ccccc1)Nc1cccc(C(=O)O)n1. The smallest absolute Gasteiger partial charge is 0.354 e. The highest BCUT2D eigenvalue weighted by molar-refractivity contribution is 5.85. The van der Waals surface area contributed by atoms with Gasteiger partial charge in [-0.2, -0.15) is 0 Å². The number of rotatable bonds is 6. The van der Waals surface area contributed by atoms with Crippen molar-refractivity contribution < 1.29 is 9.90 Å². The van der Waals surface area contributed by atoms with E-state index in [1.807, 2.05) is 18.2 Å². The Balaban J connectivity index is 1.89. The van der Waals surface area contributed by atoms with Crippen molar-refractivity contribution in [2.24, 2.45) is 0 Å². The van der Waals surface area contributed by atoms with E-state index in [1.54, 1.807) is 12.1 Å². The fourth-order valence-electron chi connectivity index (χ4n) is 1.99. The molecular formula is C16H18N2O2. The minimum atomic E-state index is -1.01. The molecule has 1 aromatic heterocycles. The number of benzene rings is 1. The number of pyridine rings is 1. The van der Waals surface area contributed by atoms with E-state index < -0.39 is 5.97 Å². The van der Waals surface area contributed by atoms with Gasteiger partial charge >= 0.3 is 5.97 Å². The average Bonchev–Trinajstić information content (AvgIpc) is 2.46. The van der Waals surface area contributed by atoms with Crippen LogP contribution in [0.25, 0.3) is 0 Å². The highest BCUT2D eigenvalue weighted by Gasteiger charge is 2.07. The Labute approximate surface area is 118 Å². The van der Waals surface area contributed by atoms with E-state index in [2.05, 4.69) is 29.4 Å². The number of carboxylic acid groups (broad SMARTS) is 1. The number of nitrogens with one attached hydrogen (secondary N) is 1. The summed E-state index contributed by atoms with van der Waals surface area (Å²) in [4.78, 5) is 14.9. The minimum absolute atomic E-state index is 0.0604. The highest BCUT2D eigenvalue weighted by Crippen LogP contribution is 2.10. The first-order valence-electron chi connectivity index (χ1n) is 6.66. The lowest BCUT2D eigenvalue weighted by Gasteiger charge is -2.14. The molecule has 0 aliphatic rings. The second-order valence-corrected chi connectivity index (χ2v) is 4.78. The molecule has 20 heavy (non-hydrogen) atoms. The molecule has 104 valence electrons. The number of aromatic nitrogens is 1. The highest BCUT2D eigenvalue weighted by atomic mass is 16.4. The van der Waals surface area contributed by atoms with Crippen molar-refractivity contribution in [1.82, 2.24) is 4.98 Å². The van der Waals surface area contributed by atoms with Crippen molar-refractivity contribution in [3.63, 3.8) is 0 Å². The third kappa shape index (κ3) is 4.09. The zero-order valence-corrected chi connectivity index (χ0v) is 11.4. The van der Waals surface area contributed by atoms with E-state index in [9.17, 15) is 4.79 Å². The molecule has 0 fully saturated rings. The molecule has 1 heterocycles. The molecular weight excluding hydrogens is 252 g/mol. The number of aromatic carboxylic acids is 1. The Bertz CT molecular complexity index is 570. The number of hydrogen-bond acceptors (Lipinski definition) is 3. The van der Waals surface area contributed by atoms with E-state index in [-0.39, 0.29) is 11.7 Å². The third-order valence-corrected chi connectivity index (χ3v) is 3.07. The lowest BCUT2D eigenvalue weighted by molar-refractivity contribution is 0.0690. The summed E-state index contributed by atoms with van der Waals surface area (Å²) in [5, 5.41) is 12.1. The van der Waals surface area contributed by atoms with Gasteiger partial charge in [-0.25, -0.2) is 9.78 Å². The molecule has 0 saturated heterocycles. The van der Waals surface area contributed by atoms with Crippen LogP contribution >= 0.6 is 0 Å². The van der Waals surface area contributed by atoms with Gasteiger partial charge in [0, 0.05) is 6.04 Å². The molecule has 1 unspecified atom stereocenters. The molecule has 4 heteroatoms. The quantitative estimate of drug-likeness (QED) is 0.846. The van der Waals surface area contributed by atoms with Crippen LogP contribution in [-0.4, -0.2) is 22.1 Å².